The highest BCUT2D eigenvalue weighted by molar-refractivity contribution is 5.87. The van der Waals surface area contributed by atoms with E-state index in [0.717, 1.165) is 5.56 Å². The molecule has 0 aliphatic rings. The van der Waals surface area contributed by atoms with Crippen LogP contribution in [0.2, 0.25) is 0 Å². The van der Waals surface area contributed by atoms with Gasteiger partial charge in [0, 0.05) is 12.2 Å². The summed E-state index contributed by atoms with van der Waals surface area (Å²) in [6, 6.07) is 5.94. The largest absolute Gasteiger partial charge is 0.351 e. The van der Waals surface area contributed by atoms with E-state index in [1.165, 1.54) is 0 Å². The van der Waals surface area contributed by atoms with Crippen LogP contribution in [0.3, 0.4) is 0 Å². The maximum Gasteiger partial charge on any atom is 0.316 e. The second-order valence-electron chi connectivity index (χ2n) is 3.92. The molecule has 0 saturated heterocycles. The molecule has 6 nitrogen and oxygen atoms in total. The van der Waals surface area contributed by atoms with Gasteiger partial charge in [0.15, 0.2) is 0 Å². The number of hydrogen-bond donors (Lipinski definition) is 4. The number of nitrogens with two attached hydrogens (primary N) is 2. The van der Waals surface area contributed by atoms with Gasteiger partial charge in [-0.1, -0.05) is 19.1 Å². The molecule has 1 aromatic carbocycles. The highest BCUT2D eigenvalue weighted by atomic mass is 35.5. The van der Waals surface area contributed by atoms with Crippen LogP contribution < -0.4 is 22.1 Å². The van der Waals surface area contributed by atoms with Gasteiger partial charge < -0.3 is 22.1 Å². The number of nitrogens with one attached hydrogen (secondary N) is 2. The predicted octanol–water partition coefficient (Wildman–Crippen LogP) is 0.952. The van der Waals surface area contributed by atoms with Gasteiger partial charge in [-0.15, -0.1) is 12.4 Å². The fourth-order valence-corrected chi connectivity index (χ4v) is 1.35. The number of benzene rings is 1. The first-order chi connectivity index (χ1) is 8.52. The van der Waals surface area contributed by atoms with E-state index in [0.29, 0.717) is 18.7 Å². The quantitative estimate of drug-likeness (QED) is 0.647. The molecule has 1 aromatic rings. The Labute approximate surface area is 118 Å². The lowest BCUT2D eigenvalue weighted by atomic mass is 10.2. The number of hydrogen-bond acceptors (Lipinski definition) is 3. The number of urea groups is 1. The SMILES string of the molecule is CC[C@H](N)C(=O)NCc1ccc(NC(N)=O)cc1.Cl. The lowest BCUT2D eigenvalue weighted by molar-refractivity contribution is -0.122. The highest BCUT2D eigenvalue weighted by Crippen LogP contribution is 2.09. The van der Waals surface area contributed by atoms with E-state index in [4.69, 9.17) is 11.5 Å². The van der Waals surface area contributed by atoms with Gasteiger partial charge in [0.1, 0.15) is 0 Å². The smallest absolute Gasteiger partial charge is 0.316 e. The van der Waals surface area contributed by atoms with E-state index < -0.39 is 12.1 Å². The number of carbonyl (C=O) groups excluding carboxylic acids is 2. The summed E-state index contributed by atoms with van der Waals surface area (Å²) in [5, 5.41) is 5.19. The summed E-state index contributed by atoms with van der Waals surface area (Å²) in [6.45, 7) is 2.26. The molecule has 0 aliphatic heterocycles. The number of amides is 3. The third-order valence-electron chi connectivity index (χ3n) is 2.46. The maximum absolute atomic E-state index is 11.5. The van der Waals surface area contributed by atoms with E-state index in [2.05, 4.69) is 10.6 Å². The average Bonchev–Trinajstić information content (AvgIpc) is 2.36. The first-order valence-electron chi connectivity index (χ1n) is 5.71. The summed E-state index contributed by atoms with van der Waals surface area (Å²) >= 11 is 0. The first-order valence-corrected chi connectivity index (χ1v) is 5.71. The van der Waals surface area contributed by atoms with Crippen molar-refractivity contribution in [2.45, 2.75) is 25.9 Å². The summed E-state index contributed by atoms with van der Waals surface area (Å²) in [6.07, 6.45) is 0.604. The van der Waals surface area contributed by atoms with Gasteiger partial charge >= 0.3 is 6.03 Å². The Hall–Kier alpha value is -1.79. The van der Waals surface area contributed by atoms with Crippen LogP contribution in [0.5, 0.6) is 0 Å². The number of rotatable bonds is 5. The topological polar surface area (TPSA) is 110 Å². The molecule has 7 heteroatoms. The van der Waals surface area contributed by atoms with E-state index in [1.54, 1.807) is 24.3 Å². The van der Waals surface area contributed by atoms with Gasteiger partial charge in [-0.3, -0.25) is 4.79 Å². The van der Waals surface area contributed by atoms with Gasteiger partial charge in [-0.2, -0.15) is 0 Å². The van der Waals surface area contributed by atoms with Crippen LogP contribution in [0.15, 0.2) is 24.3 Å². The summed E-state index contributed by atoms with van der Waals surface area (Å²) in [7, 11) is 0. The second kappa shape index (κ2) is 8.34. The Morgan fingerprint density at radius 1 is 1.26 bits per heavy atom. The number of primary amides is 1. The number of anilines is 1. The van der Waals surface area contributed by atoms with Crippen LogP contribution in [0.4, 0.5) is 10.5 Å². The minimum atomic E-state index is -0.607. The molecule has 0 spiro atoms. The van der Waals surface area contributed by atoms with Crippen LogP contribution in [-0.2, 0) is 11.3 Å². The van der Waals surface area contributed by atoms with Crippen molar-refractivity contribution in [3.8, 4) is 0 Å². The Kier molecular flexibility index (Phi) is 7.55. The Balaban J connectivity index is 0.00000324. The van der Waals surface area contributed by atoms with Crippen molar-refractivity contribution in [1.29, 1.82) is 0 Å². The molecular formula is C12H19ClN4O2. The summed E-state index contributed by atoms with van der Waals surface area (Å²) in [5.74, 6) is -0.170. The molecule has 0 aliphatic carbocycles. The highest BCUT2D eigenvalue weighted by Gasteiger charge is 2.09. The van der Waals surface area contributed by atoms with Gasteiger partial charge in [-0.05, 0) is 24.1 Å². The molecule has 0 radical (unpaired) electrons. The molecule has 106 valence electrons. The molecule has 1 atom stereocenters. The van der Waals surface area contributed by atoms with Crippen molar-refractivity contribution in [1.82, 2.24) is 5.32 Å². The van der Waals surface area contributed by atoms with Crippen LogP contribution in [0.1, 0.15) is 18.9 Å². The second-order valence-corrected chi connectivity index (χ2v) is 3.92. The predicted molar refractivity (Wildman–Crippen MR) is 77.0 cm³/mol. The Bertz CT molecular complexity index is 422. The fourth-order valence-electron chi connectivity index (χ4n) is 1.35. The lowest BCUT2D eigenvalue weighted by Crippen LogP contribution is -2.39. The maximum atomic E-state index is 11.5. The standard InChI is InChI=1S/C12H18N4O2.ClH/c1-2-10(13)11(17)15-7-8-3-5-9(6-4-8)16-12(14)18;/h3-6,10H,2,7,13H2,1H3,(H,15,17)(H3,14,16,18);1H/t10-;/m0./s1. The fraction of sp³-hybridized carbons (Fsp3) is 0.333. The Morgan fingerprint density at radius 2 is 1.84 bits per heavy atom. The van der Waals surface area contributed by atoms with Crippen molar-refractivity contribution in [2.24, 2.45) is 11.5 Å². The van der Waals surface area contributed by atoms with E-state index in [-0.39, 0.29) is 18.3 Å². The van der Waals surface area contributed by atoms with Crippen LogP contribution >= 0.6 is 12.4 Å². The zero-order chi connectivity index (χ0) is 13.5. The van der Waals surface area contributed by atoms with Crippen LogP contribution in [0.25, 0.3) is 0 Å². The zero-order valence-electron chi connectivity index (χ0n) is 10.7. The molecule has 0 heterocycles. The lowest BCUT2D eigenvalue weighted by Gasteiger charge is -2.10. The molecule has 0 unspecified atom stereocenters. The van der Waals surface area contributed by atoms with E-state index in [1.807, 2.05) is 6.92 Å². The molecule has 3 amide bonds. The van der Waals surface area contributed by atoms with E-state index in [9.17, 15) is 9.59 Å². The zero-order valence-corrected chi connectivity index (χ0v) is 11.5. The molecule has 0 saturated carbocycles. The van der Waals surface area contributed by atoms with Crippen molar-refractivity contribution in [2.75, 3.05) is 5.32 Å². The number of carbonyl (C=O) groups is 2. The van der Waals surface area contributed by atoms with Crippen LogP contribution in [0, 0.1) is 0 Å². The molecule has 1 rings (SSSR count). The molecule has 6 N–H and O–H groups in total. The van der Waals surface area contributed by atoms with Crippen molar-refractivity contribution >= 4 is 30.0 Å². The van der Waals surface area contributed by atoms with Gasteiger partial charge in [0.2, 0.25) is 5.91 Å². The van der Waals surface area contributed by atoms with Crippen molar-refractivity contribution < 1.29 is 9.59 Å². The molecule has 0 fully saturated rings. The monoisotopic (exact) mass is 286 g/mol. The van der Waals surface area contributed by atoms with Crippen molar-refractivity contribution in [3.63, 3.8) is 0 Å². The minimum absolute atomic E-state index is 0. The number of halogens is 1. The van der Waals surface area contributed by atoms with Gasteiger partial charge in [0.25, 0.3) is 0 Å². The third kappa shape index (κ3) is 6.08. The molecule has 19 heavy (non-hydrogen) atoms. The van der Waals surface area contributed by atoms with Gasteiger partial charge in [0.05, 0.1) is 6.04 Å². The first kappa shape index (κ1) is 17.2. The normalized spacial score (nSPS) is 11.1. The summed E-state index contributed by atoms with van der Waals surface area (Å²) in [4.78, 5) is 22.1. The molecule has 0 aromatic heterocycles. The minimum Gasteiger partial charge on any atom is -0.351 e. The van der Waals surface area contributed by atoms with Crippen molar-refractivity contribution in [3.05, 3.63) is 29.8 Å². The Morgan fingerprint density at radius 3 is 2.32 bits per heavy atom. The summed E-state index contributed by atoms with van der Waals surface area (Å²) < 4.78 is 0. The van der Waals surface area contributed by atoms with Gasteiger partial charge in [-0.25, -0.2) is 4.79 Å². The summed E-state index contributed by atoms with van der Waals surface area (Å²) in [5.41, 5.74) is 12.1. The average molecular weight is 287 g/mol. The third-order valence-corrected chi connectivity index (χ3v) is 2.46. The van der Waals surface area contributed by atoms with Crippen LogP contribution in [-0.4, -0.2) is 18.0 Å². The molecule has 0 bridgehead atoms. The molecular weight excluding hydrogens is 268 g/mol. The van der Waals surface area contributed by atoms with E-state index >= 15 is 0 Å².